The van der Waals surface area contributed by atoms with Crippen molar-refractivity contribution in [2.24, 2.45) is 0 Å². The topological polar surface area (TPSA) is 44.8 Å². The molecule has 0 heterocycles. The molecular formula is C10H16O4. The minimum atomic E-state index is -0.672. The van der Waals surface area contributed by atoms with Crippen molar-refractivity contribution >= 4 is 5.97 Å². The highest BCUT2D eigenvalue weighted by molar-refractivity contribution is 5.86. The number of hydrogen-bond donors (Lipinski definition) is 0. The van der Waals surface area contributed by atoms with Crippen molar-refractivity contribution in [3.63, 3.8) is 0 Å². The van der Waals surface area contributed by atoms with Gasteiger partial charge in [-0.3, -0.25) is 0 Å². The van der Waals surface area contributed by atoms with Gasteiger partial charge in [0.05, 0.1) is 6.26 Å². The molecule has 0 bridgehead atoms. The van der Waals surface area contributed by atoms with Crippen LogP contribution >= 0.6 is 0 Å². The Morgan fingerprint density at radius 3 is 2.36 bits per heavy atom. The van der Waals surface area contributed by atoms with Gasteiger partial charge >= 0.3 is 5.97 Å². The van der Waals surface area contributed by atoms with Gasteiger partial charge in [-0.2, -0.15) is 0 Å². The average molecular weight is 200 g/mol. The predicted octanol–water partition coefficient (Wildman–Crippen LogP) is 1.97. The number of carbonyl (C=O) groups excluding carboxylic acids is 1. The number of esters is 1. The standard InChI is InChI=1S/C10H16O4/c1-6-12-8(4)13-9(5)14-10(11)7(2)3/h6,8-9H,1-2H2,3-5H3. The number of ether oxygens (including phenoxy) is 3. The van der Waals surface area contributed by atoms with E-state index in [9.17, 15) is 4.79 Å². The van der Waals surface area contributed by atoms with Crippen molar-refractivity contribution < 1.29 is 19.0 Å². The van der Waals surface area contributed by atoms with Crippen LogP contribution in [0.1, 0.15) is 20.8 Å². The van der Waals surface area contributed by atoms with Gasteiger partial charge in [0.1, 0.15) is 0 Å². The number of rotatable bonds is 6. The maximum atomic E-state index is 11.0. The fourth-order valence-corrected chi connectivity index (χ4v) is 0.717. The third kappa shape index (κ3) is 5.37. The molecule has 80 valence electrons. The highest BCUT2D eigenvalue weighted by Crippen LogP contribution is 2.04. The van der Waals surface area contributed by atoms with Crippen LogP contribution in [0, 0.1) is 0 Å². The summed E-state index contributed by atoms with van der Waals surface area (Å²) in [5.74, 6) is -0.483. The third-order valence-corrected chi connectivity index (χ3v) is 1.29. The molecule has 0 rings (SSSR count). The normalized spacial score (nSPS) is 13.9. The van der Waals surface area contributed by atoms with Gasteiger partial charge in [0, 0.05) is 5.57 Å². The van der Waals surface area contributed by atoms with E-state index in [4.69, 9.17) is 14.2 Å². The van der Waals surface area contributed by atoms with E-state index < -0.39 is 18.5 Å². The van der Waals surface area contributed by atoms with Crippen LogP contribution in [0.2, 0.25) is 0 Å². The number of hydrogen-bond acceptors (Lipinski definition) is 4. The lowest BCUT2D eigenvalue weighted by atomic mass is 10.4. The Morgan fingerprint density at radius 1 is 1.36 bits per heavy atom. The van der Waals surface area contributed by atoms with Gasteiger partial charge in [-0.15, -0.1) is 0 Å². The molecule has 0 aromatic carbocycles. The van der Waals surface area contributed by atoms with E-state index in [1.165, 1.54) is 6.26 Å². The average Bonchev–Trinajstić information content (AvgIpc) is 2.03. The van der Waals surface area contributed by atoms with E-state index in [2.05, 4.69) is 13.2 Å². The molecular weight excluding hydrogens is 184 g/mol. The first kappa shape index (κ1) is 12.7. The van der Waals surface area contributed by atoms with E-state index in [1.807, 2.05) is 0 Å². The van der Waals surface area contributed by atoms with Crippen LogP contribution in [0.5, 0.6) is 0 Å². The molecule has 0 radical (unpaired) electrons. The van der Waals surface area contributed by atoms with Crippen molar-refractivity contribution in [2.45, 2.75) is 33.4 Å². The summed E-state index contributed by atoms with van der Waals surface area (Å²) in [6.07, 6.45) is 0.0902. The summed E-state index contributed by atoms with van der Waals surface area (Å²) in [5, 5.41) is 0. The van der Waals surface area contributed by atoms with Crippen LogP contribution in [0.15, 0.2) is 25.0 Å². The maximum Gasteiger partial charge on any atom is 0.335 e. The minimum Gasteiger partial charge on any atom is -0.473 e. The van der Waals surface area contributed by atoms with Crippen LogP contribution in [-0.2, 0) is 19.0 Å². The summed E-state index contributed by atoms with van der Waals surface area (Å²) in [6, 6.07) is 0. The van der Waals surface area contributed by atoms with E-state index >= 15 is 0 Å². The molecule has 0 spiro atoms. The van der Waals surface area contributed by atoms with Crippen LogP contribution in [-0.4, -0.2) is 18.5 Å². The SMILES string of the molecule is C=COC(C)OC(C)OC(=O)C(=C)C. The minimum absolute atomic E-state index is 0.331. The molecule has 4 nitrogen and oxygen atoms in total. The van der Waals surface area contributed by atoms with Crippen molar-refractivity contribution in [2.75, 3.05) is 0 Å². The highest BCUT2D eigenvalue weighted by atomic mass is 16.8. The van der Waals surface area contributed by atoms with Crippen LogP contribution in [0.4, 0.5) is 0 Å². The van der Waals surface area contributed by atoms with Crippen LogP contribution in [0.3, 0.4) is 0 Å². The van der Waals surface area contributed by atoms with E-state index in [1.54, 1.807) is 20.8 Å². The Labute approximate surface area is 84.1 Å². The summed E-state index contributed by atoms with van der Waals surface area (Å²) in [6.45, 7) is 11.7. The molecule has 2 unspecified atom stereocenters. The van der Waals surface area contributed by atoms with Gasteiger partial charge in [-0.1, -0.05) is 13.2 Å². The first-order valence-corrected chi connectivity index (χ1v) is 4.25. The highest BCUT2D eigenvalue weighted by Gasteiger charge is 2.13. The molecule has 0 fully saturated rings. The largest absolute Gasteiger partial charge is 0.473 e. The zero-order chi connectivity index (χ0) is 11.1. The molecule has 0 saturated carbocycles. The molecule has 0 saturated heterocycles. The molecule has 2 atom stereocenters. The predicted molar refractivity (Wildman–Crippen MR) is 52.2 cm³/mol. The molecule has 0 aromatic heterocycles. The van der Waals surface area contributed by atoms with E-state index in [0.717, 1.165) is 0 Å². The molecule has 0 amide bonds. The molecule has 0 aliphatic heterocycles. The fraction of sp³-hybridized carbons (Fsp3) is 0.500. The molecule has 4 heteroatoms. The van der Waals surface area contributed by atoms with Crippen LogP contribution < -0.4 is 0 Å². The Hall–Kier alpha value is -1.29. The lowest BCUT2D eigenvalue weighted by Crippen LogP contribution is -2.23. The Morgan fingerprint density at radius 2 is 1.93 bits per heavy atom. The lowest BCUT2D eigenvalue weighted by molar-refractivity contribution is -0.213. The van der Waals surface area contributed by atoms with E-state index in [-0.39, 0.29) is 0 Å². The molecule has 14 heavy (non-hydrogen) atoms. The monoisotopic (exact) mass is 200 g/mol. The van der Waals surface area contributed by atoms with Gasteiger partial charge in [0.15, 0.2) is 6.29 Å². The summed E-state index contributed by atoms with van der Waals surface area (Å²) in [5.41, 5.74) is 0.331. The van der Waals surface area contributed by atoms with Gasteiger partial charge in [-0.25, -0.2) is 4.79 Å². The first-order valence-electron chi connectivity index (χ1n) is 4.25. The van der Waals surface area contributed by atoms with Gasteiger partial charge in [0.25, 0.3) is 0 Å². The van der Waals surface area contributed by atoms with Gasteiger partial charge in [-0.05, 0) is 20.8 Å². The molecule has 0 N–H and O–H groups in total. The second kappa shape index (κ2) is 6.21. The van der Waals surface area contributed by atoms with Crippen molar-refractivity contribution in [3.8, 4) is 0 Å². The van der Waals surface area contributed by atoms with Crippen molar-refractivity contribution in [1.82, 2.24) is 0 Å². The summed E-state index contributed by atoms with van der Waals surface area (Å²) in [7, 11) is 0. The lowest BCUT2D eigenvalue weighted by Gasteiger charge is -2.18. The molecule has 0 aliphatic carbocycles. The fourth-order valence-electron chi connectivity index (χ4n) is 0.717. The molecule has 0 aliphatic rings. The zero-order valence-electron chi connectivity index (χ0n) is 8.78. The third-order valence-electron chi connectivity index (χ3n) is 1.29. The summed E-state index contributed by atoms with van der Waals surface area (Å²) in [4.78, 5) is 11.0. The van der Waals surface area contributed by atoms with Crippen molar-refractivity contribution in [3.05, 3.63) is 25.0 Å². The van der Waals surface area contributed by atoms with Crippen LogP contribution in [0.25, 0.3) is 0 Å². The second-order valence-corrected chi connectivity index (χ2v) is 2.76. The molecule has 0 aromatic rings. The maximum absolute atomic E-state index is 11.0. The smallest absolute Gasteiger partial charge is 0.335 e. The Balaban J connectivity index is 3.85. The Bertz CT molecular complexity index is 222. The quantitative estimate of drug-likeness (QED) is 0.284. The number of carbonyl (C=O) groups is 1. The van der Waals surface area contributed by atoms with Gasteiger partial charge < -0.3 is 14.2 Å². The first-order chi connectivity index (χ1) is 6.47. The second-order valence-electron chi connectivity index (χ2n) is 2.76. The summed E-state index contributed by atoms with van der Waals surface area (Å²) < 4.78 is 14.9. The van der Waals surface area contributed by atoms with Gasteiger partial charge in [0.2, 0.25) is 6.29 Å². The van der Waals surface area contributed by atoms with Crippen molar-refractivity contribution in [1.29, 1.82) is 0 Å². The van der Waals surface area contributed by atoms with E-state index in [0.29, 0.717) is 5.57 Å². The zero-order valence-corrected chi connectivity index (χ0v) is 8.78. The summed E-state index contributed by atoms with van der Waals surface area (Å²) >= 11 is 0. The Kier molecular flexibility index (Phi) is 5.64.